The number of rotatable bonds is 1. The maximum atomic E-state index is 13.6. The Hall–Kier alpha value is -1.62. The molecular weight excluding hydrogens is 319 g/mol. The van der Waals surface area contributed by atoms with Crippen LogP contribution in [-0.4, -0.2) is 34.7 Å². The zero-order valence-electron chi connectivity index (χ0n) is 13.5. The molecule has 1 amide bonds. The number of hydrogen-bond acceptors (Lipinski definition) is 3. The van der Waals surface area contributed by atoms with Crippen LogP contribution in [-0.2, 0) is 4.74 Å². The van der Waals surface area contributed by atoms with Crippen molar-refractivity contribution in [2.24, 2.45) is 11.8 Å². The van der Waals surface area contributed by atoms with Crippen molar-refractivity contribution in [2.75, 3.05) is 13.1 Å². The number of amides is 1. The quantitative estimate of drug-likeness (QED) is 0.722. The molecule has 1 aromatic heterocycles. The second-order valence-corrected chi connectivity index (χ2v) is 7.56. The largest absolute Gasteiger partial charge is 0.444 e. The summed E-state index contributed by atoms with van der Waals surface area (Å²) in [6.07, 6.45) is 4.27. The SMILES string of the molecule is CC(C)(C)OC(=O)N1C[C@H]2CC(c3cnc(Cl)c(F)c3)=C[C@H]2C1. The van der Waals surface area contributed by atoms with Crippen LogP contribution in [0.15, 0.2) is 18.3 Å². The van der Waals surface area contributed by atoms with Gasteiger partial charge in [-0.15, -0.1) is 0 Å². The van der Waals surface area contributed by atoms with Gasteiger partial charge in [-0.25, -0.2) is 14.2 Å². The molecule has 0 N–H and O–H groups in total. The average Bonchev–Trinajstić information content (AvgIpc) is 2.98. The lowest BCUT2D eigenvalue weighted by molar-refractivity contribution is 0.0285. The summed E-state index contributed by atoms with van der Waals surface area (Å²) in [4.78, 5) is 17.8. The van der Waals surface area contributed by atoms with Crippen LogP contribution in [0.5, 0.6) is 0 Å². The lowest BCUT2D eigenvalue weighted by Crippen LogP contribution is -2.35. The van der Waals surface area contributed by atoms with Crippen LogP contribution in [0.2, 0.25) is 5.15 Å². The van der Waals surface area contributed by atoms with E-state index in [1.54, 1.807) is 11.1 Å². The summed E-state index contributed by atoms with van der Waals surface area (Å²) in [5.74, 6) is 0.144. The Balaban J connectivity index is 1.68. The second kappa shape index (κ2) is 5.78. The number of ether oxygens (including phenoxy) is 1. The Morgan fingerprint density at radius 1 is 1.43 bits per heavy atom. The summed E-state index contributed by atoms with van der Waals surface area (Å²) >= 11 is 5.63. The number of carbonyl (C=O) groups excluding carboxylic acids is 1. The molecule has 2 atom stereocenters. The van der Waals surface area contributed by atoms with E-state index in [-0.39, 0.29) is 17.2 Å². The van der Waals surface area contributed by atoms with Gasteiger partial charge in [-0.3, -0.25) is 0 Å². The molecule has 1 aromatic rings. The summed E-state index contributed by atoms with van der Waals surface area (Å²) in [5.41, 5.74) is 1.36. The number of hydrogen-bond donors (Lipinski definition) is 0. The van der Waals surface area contributed by atoms with Crippen molar-refractivity contribution in [1.29, 1.82) is 0 Å². The molecule has 3 rings (SSSR count). The van der Waals surface area contributed by atoms with E-state index in [9.17, 15) is 9.18 Å². The molecule has 0 spiro atoms. The molecule has 0 saturated carbocycles. The van der Waals surface area contributed by atoms with Crippen molar-refractivity contribution in [3.05, 3.63) is 34.9 Å². The molecule has 2 heterocycles. The highest BCUT2D eigenvalue weighted by Gasteiger charge is 2.39. The van der Waals surface area contributed by atoms with Gasteiger partial charge in [0.1, 0.15) is 5.60 Å². The van der Waals surface area contributed by atoms with Gasteiger partial charge in [0.15, 0.2) is 11.0 Å². The van der Waals surface area contributed by atoms with Gasteiger partial charge < -0.3 is 9.64 Å². The van der Waals surface area contributed by atoms with Crippen LogP contribution < -0.4 is 0 Å². The number of aromatic nitrogens is 1. The highest BCUT2D eigenvalue weighted by atomic mass is 35.5. The molecule has 0 unspecified atom stereocenters. The highest BCUT2D eigenvalue weighted by molar-refractivity contribution is 6.29. The molecule has 1 aliphatic heterocycles. The predicted molar refractivity (Wildman–Crippen MR) is 86.6 cm³/mol. The molecule has 0 aromatic carbocycles. The number of fused-ring (bicyclic) bond motifs is 1. The Labute approximate surface area is 140 Å². The minimum atomic E-state index is -0.502. The van der Waals surface area contributed by atoms with Gasteiger partial charge >= 0.3 is 6.09 Å². The van der Waals surface area contributed by atoms with E-state index in [0.29, 0.717) is 19.0 Å². The normalized spacial score (nSPS) is 23.7. The van der Waals surface area contributed by atoms with E-state index < -0.39 is 11.4 Å². The topological polar surface area (TPSA) is 42.4 Å². The van der Waals surface area contributed by atoms with E-state index in [1.807, 2.05) is 20.8 Å². The summed E-state index contributed by atoms with van der Waals surface area (Å²) in [6.45, 7) is 6.90. The number of pyridine rings is 1. The Bertz CT molecular complexity index is 669. The molecule has 0 radical (unpaired) electrons. The molecule has 2 aliphatic rings. The van der Waals surface area contributed by atoms with Gasteiger partial charge in [-0.2, -0.15) is 0 Å². The minimum Gasteiger partial charge on any atom is -0.444 e. The Kier molecular flexibility index (Phi) is 4.08. The first-order chi connectivity index (χ1) is 10.7. The van der Waals surface area contributed by atoms with E-state index in [0.717, 1.165) is 17.6 Å². The van der Waals surface area contributed by atoms with Crippen molar-refractivity contribution < 1.29 is 13.9 Å². The molecule has 1 saturated heterocycles. The number of carbonyl (C=O) groups is 1. The number of likely N-dealkylation sites (tertiary alicyclic amines) is 1. The van der Waals surface area contributed by atoms with Gasteiger partial charge in [0, 0.05) is 19.3 Å². The van der Waals surface area contributed by atoms with Crippen LogP contribution in [0.1, 0.15) is 32.8 Å². The zero-order chi connectivity index (χ0) is 16.8. The van der Waals surface area contributed by atoms with Gasteiger partial charge in [-0.1, -0.05) is 17.7 Å². The summed E-state index contributed by atoms with van der Waals surface area (Å²) in [7, 11) is 0. The molecule has 0 bridgehead atoms. The standard InChI is InChI=1S/C17H20ClFN2O2/c1-17(2,3)23-16(22)21-8-12-4-10(5-13(12)9-21)11-6-14(19)15(18)20-7-11/h4,6-7,12-13H,5,8-9H2,1-3H3/t12-,13+/m0/s1. The monoisotopic (exact) mass is 338 g/mol. The molecule has 1 aliphatic carbocycles. The van der Waals surface area contributed by atoms with Crippen LogP contribution in [0.4, 0.5) is 9.18 Å². The van der Waals surface area contributed by atoms with Gasteiger partial charge in [0.2, 0.25) is 0 Å². The average molecular weight is 339 g/mol. The number of allylic oxidation sites excluding steroid dienone is 1. The number of nitrogens with zero attached hydrogens (tertiary/aromatic N) is 2. The van der Waals surface area contributed by atoms with Crippen LogP contribution >= 0.6 is 11.6 Å². The van der Waals surface area contributed by atoms with Crippen molar-refractivity contribution in [3.63, 3.8) is 0 Å². The third kappa shape index (κ3) is 3.50. The van der Waals surface area contributed by atoms with Crippen LogP contribution in [0, 0.1) is 17.7 Å². The van der Waals surface area contributed by atoms with Crippen molar-refractivity contribution in [3.8, 4) is 0 Å². The first-order valence-corrected chi connectivity index (χ1v) is 8.11. The van der Waals surface area contributed by atoms with Crippen LogP contribution in [0.25, 0.3) is 5.57 Å². The molecule has 23 heavy (non-hydrogen) atoms. The minimum absolute atomic E-state index is 0.108. The fraction of sp³-hybridized carbons (Fsp3) is 0.529. The maximum absolute atomic E-state index is 13.6. The number of halogens is 2. The lowest BCUT2D eigenvalue weighted by Gasteiger charge is -2.24. The van der Waals surface area contributed by atoms with Crippen molar-refractivity contribution in [2.45, 2.75) is 32.8 Å². The van der Waals surface area contributed by atoms with Gasteiger partial charge in [-0.05, 0) is 56.2 Å². The summed E-state index contributed by atoms with van der Waals surface area (Å²) < 4.78 is 19.0. The van der Waals surface area contributed by atoms with Crippen molar-refractivity contribution in [1.82, 2.24) is 9.88 Å². The van der Waals surface area contributed by atoms with E-state index >= 15 is 0 Å². The Morgan fingerprint density at radius 2 is 2.17 bits per heavy atom. The molecule has 4 nitrogen and oxygen atoms in total. The van der Waals surface area contributed by atoms with Gasteiger partial charge in [0.05, 0.1) is 0 Å². The molecule has 6 heteroatoms. The fourth-order valence-corrected chi connectivity index (χ4v) is 3.30. The Morgan fingerprint density at radius 3 is 2.78 bits per heavy atom. The molecular formula is C17H20ClFN2O2. The third-order valence-corrected chi connectivity index (χ3v) is 4.49. The van der Waals surface area contributed by atoms with Crippen LogP contribution in [0.3, 0.4) is 0 Å². The van der Waals surface area contributed by atoms with E-state index in [1.165, 1.54) is 6.07 Å². The maximum Gasteiger partial charge on any atom is 0.410 e. The molecule has 1 fully saturated rings. The smallest absolute Gasteiger partial charge is 0.410 e. The summed E-state index contributed by atoms with van der Waals surface area (Å²) in [6, 6.07) is 1.42. The fourth-order valence-electron chi connectivity index (χ4n) is 3.20. The van der Waals surface area contributed by atoms with Gasteiger partial charge in [0.25, 0.3) is 0 Å². The highest BCUT2D eigenvalue weighted by Crippen LogP contribution is 2.41. The lowest BCUT2D eigenvalue weighted by atomic mass is 9.99. The molecule has 124 valence electrons. The third-order valence-electron chi connectivity index (χ3n) is 4.21. The van der Waals surface area contributed by atoms with Crippen molar-refractivity contribution >= 4 is 23.3 Å². The second-order valence-electron chi connectivity index (χ2n) is 7.20. The predicted octanol–water partition coefficient (Wildman–Crippen LogP) is 4.14. The first kappa shape index (κ1) is 16.2. The first-order valence-electron chi connectivity index (χ1n) is 7.73. The van der Waals surface area contributed by atoms with E-state index in [2.05, 4.69) is 11.1 Å². The zero-order valence-corrected chi connectivity index (χ0v) is 14.2. The van der Waals surface area contributed by atoms with E-state index in [4.69, 9.17) is 16.3 Å². The summed E-state index contributed by atoms with van der Waals surface area (Å²) in [5, 5.41) is -0.108.